The number of hydrogen-bond acceptors (Lipinski definition) is 12. The van der Waals surface area contributed by atoms with Crippen LogP contribution in [0.4, 0.5) is 0 Å². The summed E-state index contributed by atoms with van der Waals surface area (Å²) in [6.07, 6.45) is 0.231. The van der Waals surface area contributed by atoms with Gasteiger partial charge in [-0.3, -0.25) is 19.2 Å². The van der Waals surface area contributed by atoms with Crippen molar-refractivity contribution in [2.24, 2.45) is 5.41 Å². The molecular formula is C29H28O8S4. The first-order valence-electron chi connectivity index (χ1n) is 12.6. The van der Waals surface area contributed by atoms with Gasteiger partial charge in [0.15, 0.2) is 0 Å². The fraction of sp³-hybridized carbons (Fsp3) is 0.310. The van der Waals surface area contributed by atoms with E-state index in [0.29, 0.717) is 0 Å². The van der Waals surface area contributed by atoms with Crippen molar-refractivity contribution in [1.82, 2.24) is 0 Å². The molecule has 4 rings (SSSR count). The van der Waals surface area contributed by atoms with Crippen molar-refractivity contribution in [2.75, 3.05) is 26.4 Å². The van der Waals surface area contributed by atoms with Crippen molar-refractivity contribution < 1.29 is 38.1 Å². The smallest absolute Gasteiger partial charge is 0.311 e. The van der Waals surface area contributed by atoms with E-state index in [0.717, 1.165) is 19.5 Å². The lowest BCUT2D eigenvalue weighted by molar-refractivity contribution is -0.169. The van der Waals surface area contributed by atoms with Gasteiger partial charge in [0.25, 0.3) is 0 Å². The van der Waals surface area contributed by atoms with Gasteiger partial charge in [-0.15, -0.1) is 45.3 Å². The highest BCUT2D eigenvalue weighted by Gasteiger charge is 2.38. The molecule has 12 heteroatoms. The number of esters is 4. The number of carbonyl (C=O) groups is 4. The van der Waals surface area contributed by atoms with E-state index >= 15 is 0 Å². The van der Waals surface area contributed by atoms with Gasteiger partial charge >= 0.3 is 23.9 Å². The molecule has 4 heterocycles. The zero-order valence-electron chi connectivity index (χ0n) is 22.0. The third kappa shape index (κ3) is 10.5. The Morgan fingerprint density at radius 3 is 0.902 bits per heavy atom. The molecule has 216 valence electrons. The van der Waals surface area contributed by atoms with Gasteiger partial charge in [0, 0.05) is 19.5 Å². The third-order valence-electron chi connectivity index (χ3n) is 5.75. The first kappa shape index (κ1) is 30.6. The monoisotopic (exact) mass is 632 g/mol. The number of hydrogen-bond donors (Lipinski definition) is 0. The van der Waals surface area contributed by atoms with Gasteiger partial charge in [0.2, 0.25) is 0 Å². The molecule has 4 aromatic rings. The molecule has 0 aliphatic rings. The highest BCUT2D eigenvalue weighted by atomic mass is 32.1. The van der Waals surface area contributed by atoms with Gasteiger partial charge in [-0.25, -0.2) is 0 Å². The van der Waals surface area contributed by atoms with Crippen LogP contribution >= 0.6 is 45.3 Å². The van der Waals surface area contributed by atoms with Crippen molar-refractivity contribution in [3.63, 3.8) is 0 Å². The normalized spacial score (nSPS) is 11.1. The summed E-state index contributed by atoms with van der Waals surface area (Å²) >= 11 is 5.70. The predicted octanol–water partition coefficient (Wildman–Crippen LogP) is 5.36. The summed E-state index contributed by atoms with van der Waals surface area (Å²) in [5, 5.41) is 7.44. The van der Waals surface area contributed by atoms with E-state index in [1.165, 1.54) is 45.3 Å². The van der Waals surface area contributed by atoms with E-state index in [1.807, 2.05) is 70.1 Å². The molecule has 0 atom stereocenters. The lowest BCUT2D eigenvalue weighted by Crippen LogP contribution is -2.44. The van der Waals surface area contributed by atoms with E-state index in [1.54, 1.807) is 0 Å². The standard InChI is InChI=1S/C29H28O8S4/c30-25(13-21-5-1-9-38-21)34-17-29(18-35-26(31)14-22-6-2-10-39-22,19-36-27(32)15-23-7-3-11-40-23)20-37-28(33)16-24-8-4-12-41-24/h1-12H,13-20H2. The SMILES string of the molecule is O=C(Cc1cccs1)OCC(COC(=O)Cc1cccs1)(COC(=O)Cc1cccs1)COC(=O)Cc1cccs1. The van der Waals surface area contributed by atoms with Crippen LogP contribution < -0.4 is 0 Å². The topological polar surface area (TPSA) is 105 Å². The second-order valence-electron chi connectivity index (χ2n) is 9.17. The Labute approximate surface area is 253 Å². The molecule has 0 unspecified atom stereocenters. The maximum Gasteiger partial charge on any atom is 0.311 e. The molecule has 0 saturated carbocycles. The zero-order chi connectivity index (χ0) is 28.9. The quantitative estimate of drug-likeness (QED) is 0.120. The van der Waals surface area contributed by atoms with Crippen LogP contribution in [-0.4, -0.2) is 50.3 Å². The average molecular weight is 633 g/mol. The highest BCUT2D eigenvalue weighted by molar-refractivity contribution is 7.10. The molecule has 0 aromatic carbocycles. The van der Waals surface area contributed by atoms with Gasteiger partial charge < -0.3 is 18.9 Å². The van der Waals surface area contributed by atoms with Crippen LogP contribution in [-0.2, 0) is 63.8 Å². The van der Waals surface area contributed by atoms with E-state index in [9.17, 15) is 19.2 Å². The minimum atomic E-state index is -1.31. The minimum absolute atomic E-state index is 0.0578. The minimum Gasteiger partial charge on any atom is -0.464 e. The summed E-state index contributed by atoms with van der Waals surface area (Å²) < 4.78 is 22.4. The van der Waals surface area contributed by atoms with Gasteiger partial charge in [-0.1, -0.05) is 24.3 Å². The molecule has 0 N–H and O–H groups in total. The molecule has 0 radical (unpaired) electrons. The van der Waals surface area contributed by atoms with Crippen LogP contribution in [0.15, 0.2) is 70.1 Å². The van der Waals surface area contributed by atoms with Gasteiger partial charge in [0.1, 0.15) is 31.8 Å². The molecule has 8 nitrogen and oxygen atoms in total. The maximum absolute atomic E-state index is 12.7. The van der Waals surface area contributed by atoms with Crippen LogP contribution in [0.2, 0.25) is 0 Å². The Bertz CT molecular complexity index is 1150. The van der Waals surface area contributed by atoms with Crippen LogP contribution in [0, 0.1) is 5.41 Å². The van der Waals surface area contributed by atoms with E-state index in [4.69, 9.17) is 18.9 Å². The second kappa shape index (κ2) is 15.6. The molecule has 41 heavy (non-hydrogen) atoms. The fourth-order valence-corrected chi connectivity index (χ4v) is 6.37. The van der Waals surface area contributed by atoms with Crippen molar-refractivity contribution in [3.8, 4) is 0 Å². The number of carbonyl (C=O) groups excluding carboxylic acids is 4. The Morgan fingerprint density at radius 2 is 0.707 bits per heavy atom. The van der Waals surface area contributed by atoms with Crippen molar-refractivity contribution in [1.29, 1.82) is 0 Å². The zero-order valence-corrected chi connectivity index (χ0v) is 25.3. The molecule has 0 spiro atoms. The highest BCUT2D eigenvalue weighted by Crippen LogP contribution is 2.24. The molecule has 0 aliphatic heterocycles. The number of thiophene rings is 4. The molecule has 0 saturated heterocycles. The van der Waals surface area contributed by atoms with Gasteiger partial charge in [-0.05, 0) is 45.8 Å². The summed E-state index contributed by atoms with van der Waals surface area (Å²) in [6, 6.07) is 14.6. The van der Waals surface area contributed by atoms with Crippen molar-refractivity contribution >= 4 is 69.2 Å². The van der Waals surface area contributed by atoms with E-state index in [2.05, 4.69) is 0 Å². The number of ether oxygens (including phenoxy) is 4. The number of rotatable bonds is 16. The molecule has 0 aliphatic carbocycles. The summed E-state index contributed by atoms with van der Waals surface area (Å²) in [7, 11) is 0. The molecular weight excluding hydrogens is 605 g/mol. The summed E-state index contributed by atoms with van der Waals surface area (Å²) in [6.45, 7) is -1.16. The van der Waals surface area contributed by atoms with Crippen LogP contribution in [0.3, 0.4) is 0 Å². The van der Waals surface area contributed by atoms with Crippen LogP contribution in [0.25, 0.3) is 0 Å². The molecule has 0 bridgehead atoms. The average Bonchev–Trinajstić information content (AvgIpc) is 3.78. The second-order valence-corrected chi connectivity index (χ2v) is 13.3. The lowest BCUT2D eigenvalue weighted by Gasteiger charge is -2.31. The summed E-state index contributed by atoms with van der Waals surface area (Å²) in [4.78, 5) is 54.0. The fourth-order valence-electron chi connectivity index (χ4n) is 3.61. The van der Waals surface area contributed by atoms with Crippen LogP contribution in [0.5, 0.6) is 0 Å². The molecule has 0 amide bonds. The van der Waals surface area contributed by atoms with E-state index < -0.39 is 29.3 Å². The van der Waals surface area contributed by atoms with Crippen LogP contribution in [0.1, 0.15) is 19.5 Å². The first-order chi connectivity index (χ1) is 19.9. The van der Waals surface area contributed by atoms with Crippen molar-refractivity contribution in [3.05, 3.63) is 89.6 Å². The predicted molar refractivity (Wildman–Crippen MR) is 158 cm³/mol. The van der Waals surface area contributed by atoms with Gasteiger partial charge in [0.05, 0.1) is 25.7 Å². The Kier molecular flexibility index (Phi) is 11.7. The van der Waals surface area contributed by atoms with Crippen molar-refractivity contribution in [2.45, 2.75) is 25.7 Å². The lowest BCUT2D eigenvalue weighted by atomic mass is 9.92. The van der Waals surface area contributed by atoms with Gasteiger partial charge in [-0.2, -0.15) is 0 Å². The summed E-state index contributed by atoms with van der Waals surface area (Å²) in [5.41, 5.74) is -1.31. The Hall–Kier alpha value is -3.32. The first-order valence-corrected chi connectivity index (χ1v) is 16.1. The Balaban J connectivity index is 1.47. The third-order valence-corrected chi connectivity index (χ3v) is 9.26. The molecule has 4 aromatic heterocycles. The largest absolute Gasteiger partial charge is 0.464 e. The van der Waals surface area contributed by atoms with E-state index in [-0.39, 0.29) is 52.1 Å². The molecule has 0 fully saturated rings. The maximum atomic E-state index is 12.7. The summed E-state index contributed by atoms with van der Waals surface area (Å²) in [5.74, 6) is -2.01. The Morgan fingerprint density at radius 1 is 0.463 bits per heavy atom.